The summed E-state index contributed by atoms with van der Waals surface area (Å²) in [5.41, 5.74) is 4.20. The number of benzene rings is 1. The van der Waals surface area contributed by atoms with Crippen LogP contribution in [0.1, 0.15) is 11.1 Å². The SMILES string of the molecule is Cc1c(F)ccc2c(NN)c(C#N)cnc12. The van der Waals surface area contributed by atoms with Gasteiger partial charge in [-0.25, -0.2) is 4.39 Å². The first kappa shape index (κ1) is 10.3. The molecule has 1 aromatic carbocycles. The Morgan fingerprint density at radius 3 is 2.88 bits per heavy atom. The summed E-state index contributed by atoms with van der Waals surface area (Å²) in [6, 6.07) is 4.86. The zero-order chi connectivity index (χ0) is 11.7. The lowest BCUT2D eigenvalue weighted by Gasteiger charge is -2.09. The lowest BCUT2D eigenvalue weighted by Crippen LogP contribution is -2.09. The van der Waals surface area contributed by atoms with E-state index in [-0.39, 0.29) is 5.82 Å². The van der Waals surface area contributed by atoms with Gasteiger partial charge in [0.25, 0.3) is 0 Å². The van der Waals surface area contributed by atoms with Crippen LogP contribution in [0.2, 0.25) is 0 Å². The van der Waals surface area contributed by atoms with E-state index >= 15 is 0 Å². The van der Waals surface area contributed by atoms with Crippen molar-refractivity contribution < 1.29 is 4.39 Å². The minimum atomic E-state index is -0.326. The normalized spacial score (nSPS) is 10.1. The molecule has 0 fully saturated rings. The molecule has 0 spiro atoms. The van der Waals surface area contributed by atoms with Crippen LogP contribution in [0.15, 0.2) is 18.3 Å². The number of nitriles is 1. The summed E-state index contributed by atoms with van der Waals surface area (Å²) < 4.78 is 13.3. The van der Waals surface area contributed by atoms with E-state index in [1.807, 2.05) is 6.07 Å². The Labute approximate surface area is 91.5 Å². The third kappa shape index (κ3) is 1.36. The molecule has 2 aromatic rings. The molecule has 2 rings (SSSR count). The first-order valence-corrected chi connectivity index (χ1v) is 4.63. The number of rotatable bonds is 1. The molecule has 16 heavy (non-hydrogen) atoms. The molecular formula is C11H9FN4. The number of hydrogen-bond donors (Lipinski definition) is 2. The van der Waals surface area contributed by atoms with Crippen LogP contribution >= 0.6 is 0 Å². The van der Waals surface area contributed by atoms with Crippen LogP contribution < -0.4 is 11.3 Å². The summed E-state index contributed by atoms with van der Waals surface area (Å²) >= 11 is 0. The zero-order valence-electron chi connectivity index (χ0n) is 8.58. The lowest BCUT2D eigenvalue weighted by molar-refractivity contribution is 0.620. The summed E-state index contributed by atoms with van der Waals surface area (Å²) in [5.74, 6) is 5.03. The van der Waals surface area contributed by atoms with Gasteiger partial charge in [0.2, 0.25) is 0 Å². The molecule has 0 saturated carbocycles. The molecule has 3 N–H and O–H groups in total. The van der Waals surface area contributed by atoms with Crippen molar-refractivity contribution in [3.05, 3.63) is 35.3 Å². The van der Waals surface area contributed by atoms with E-state index in [4.69, 9.17) is 11.1 Å². The molecule has 1 aromatic heterocycles. The van der Waals surface area contributed by atoms with Crippen LogP contribution in [-0.2, 0) is 0 Å². The van der Waals surface area contributed by atoms with Crippen molar-refractivity contribution in [2.75, 3.05) is 5.43 Å². The average Bonchev–Trinajstić information content (AvgIpc) is 2.32. The van der Waals surface area contributed by atoms with Gasteiger partial charge in [-0.2, -0.15) is 5.26 Å². The van der Waals surface area contributed by atoms with Crippen molar-refractivity contribution in [3.8, 4) is 6.07 Å². The van der Waals surface area contributed by atoms with E-state index in [0.29, 0.717) is 27.7 Å². The fourth-order valence-corrected chi connectivity index (χ4v) is 1.62. The fourth-order valence-electron chi connectivity index (χ4n) is 1.62. The highest BCUT2D eigenvalue weighted by Crippen LogP contribution is 2.27. The van der Waals surface area contributed by atoms with Crippen LogP contribution in [0, 0.1) is 24.1 Å². The second-order valence-corrected chi connectivity index (χ2v) is 3.37. The van der Waals surface area contributed by atoms with Gasteiger partial charge in [-0.1, -0.05) is 0 Å². The number of halogens is 1. The number of pyridine rings is 1. The molecule has 0 radical (unpaired) electrons. The Balaban J connectivity index is 2.91. The zero-order valence-corrected chi connectivity index (χ0v) is 8.58. The van der Waals surface area contributed by atoms with Crippen LogP contribution in [0.25, 0.3) is 10.9 Å². The molecule has 0 unspecified atom stereocenters. The summed E-state index contributed by atoms with van der Waals surface area (Å²) in [4.78, 5) is 4.06. The smallest absolute Gasteiger partial charge is 0.128 e. The van der Waals surface area contributed by atoms with E-state index < -0.39 is 0 Å². The van der Waals surface area contributed by atoms with Crippen molar-refractivity contribution in [1.29, 1.82) is 5.26 Å². The standard InChI is InChI=1S/C11H9FN4/c1-6-9(12)3-2-8-10(6)15-5-7(4-13)11(8)16-14/h2-3,5H,14H2,1H3,(H,15,16). The Kier molecular flexibility index (Phi) is 2.43. The molecule has 1 heterocycles. The van der Waals surface area contributed by atoms with Gasteiger partial charge >= 0.3 is 0 Å². The first-order chi connectivity index (χ1) is 7.69. The number of nitrogens with one attached hydrogen (secondary N) is 1. The third-order valence-electron chi connectivity index (χ3n) is 2.49. The predicted octanol–water partition coefficient (Wildman–Crippen LogP) is 1.84. The van der Waals surface area contributed by atoms with Crippen molar-refractivity contribution >= 4 is 16.6 Å². The van der Waals surface area contributed by atoms with Gasteiger partial charge in [-0.3, -0.25) is 10.8 Å². The average molecular weight is 216 g/mol. The predicted molar refractivity (Wildman–Crippen MR) is 59.0 cm³/mol. The van der Waals surface area contributed by atoms with Gasteiger partial charge in [0, 0.05) is 17.1 Å². The summed E-state index contributed by atoms with van der Waals surface area (Å²) in [7, 11) is 0. The Hall–Kier alpha value is -2.19. The highest BCUT2D eigenvalue weighted by molar-refractivity contribution is 5.95. The van der Waals surface area contributed by atoms with Gasteiger partial charge < -0.3 is 5.43 Å². The number of aromatic nitrogens is 1. The number of hydrogen-bond acceptors (Lipinski definition) is 4. The highest BCUT2D eigenvalue weighted by Gasteiger charge is 2.11. The molecule has 5 heteroatoms. The number of hydrazine groups is 1. The van der Waals surface area contributed by atoms with Gasteiger partial charge in [0.05, 0.1) is 16.8 Å². The number of nitrogen functional groups attached to an aromatic ring is 1. The number of nitrogens with zero attached hydrogens (tertiary/aromatic N) is 2. The van der Waals surface area contributed by atoms with E-state index in [9.17, 15) is 4.39 Å². The van der Waals surface area contributed by atoms with Crippen LogP contribution in [-0.4, -0.2) is 4.98 Å². The first-order valence-electron chi connectivity index (χ1n) is 4.63. The second kappa shape index (κ2) is 3.76. The van der Waals surface area contributed by atoms with Crippen molar-refractivity contribution in [2.24, 2.45) is 5.84 Å². The van der Waals surface area contributed by atoms with Crippen molar-refractivity contribution in [2.45, 2.75) is 6.92 Å². The van der Waals surface area contributed by atoms with Crippen LogP contribution in [0.5, 0.6) is 0 Å². The largest absolute Gasteiger partial charge is 0.322 e. The Bertz CT molecular complexity index is 601. The number of anilines is 1. The molecule has 0 aliphatic rings. The maximum atomic E-state index is 13.3. The van der Waals surface area contributed by atoms with Gasteiger partial charge in [-0.15, -0.1) is 0 Å². The topological polar surface area (TPSA) is 74.7 Å². The molecule has 80 valence electrons. The number of fused-ring (bicyclic) bond motifs is 1. The summed E-state index contributed by atoms with van der Waals surface area (Å²) in [6.07, 6.45) is 1.38. The summed E-state index contributed by atoms with van der Waals surface area (Å²) in [5, 5.41) is 9.51. The van der Waals surface area contributed by atoms with Crippen molar-refractivity contribution in [1.82, 2.24) is 4.98 Å². The maximum absolute atomic E-state index is 13.3. The minimum absolute atomic E-state index is 0.326. The van der Waals surface area contributed by atoms with Crippen LogP contribution in [0.3, 0.4) is 0 Å². The Morgan fingerprint density at radius 2 is 2.25 bits per heavy atom. The Morgan fingerprint density at radius 1 is 1.50 bits per heavy atom. The van der Waals surface area contributed by atoms with E-state index in [2.05, 4.69) is 10.4 Å². The quantitative estimate of drug-likeness (QED) is 0.563. The molecule has 0 aliphatic carbocycles. The van der Waals surface area contributed by atoms with E-state index in [0.717, 1.165) is 0 Å². The maximum Gasteiger partial charge on any atom is 0.128 e. The number of nitrogens with two attached hydrogens (primary N) is 1. The minimum Gasteiger partial charge on any atom is -0.322 e. The summed E-state index contributed by atoms with van der Waals surface area (Å²) in [6.45, 7) is 1.64. The molecule has 0 aliphatic heterocycles. The molecule has 0 atom stereocenters. The molecular weight excluding hydrogens is 207 g/mol. The molecule has 0 amide bonds. The van der Waals surface area contributed by atoms with Gasteiger partial charge in [0.1, 0.15) is 11.9 Å². The van der Waals surface area contributed by atoms with E-state index in [1.165, 1.54) is 12.3 Å². The van der Waals surface area contributed by atoms with Crippen molar-refractivity contribution in [3.63, 3.8) is 0 Å². The molecule has 0 saturated heterocycles. The fraction of sp³-hybridized carbons (Fsp3) is 0.0909. The van der Waals surface area contributed by atoms with Gasteiger partial charge in [0.15, 0.2) is 0 Å². The van der Waals surface area contributed by atoms with E-state index in [1.54, 1.807) is 13.0 Å². The lowest BCUT2D eigenvalue weighted by atomic mass is 10.1. The molecule has 4 nitrogen and oxygen atoms in total. The van der Waals surface area contributed by atoms with Crippen LogP contribution in [0.4, 0.5) is 10.1 Å². The number of aryl methyl sites for hydroxylation is 1. The monoisotopic (exact) mass is 216 g/mol. The second-order valence-electron chi connectivity index (χ2n) is 3.37. The van der Waals surface area contributed by atoms with Gasteiger partial charge in [-0.05, 0) is 19.1 Å². The third-order valence-corrected chi connectivity index (χ3v) is 2.49. The highest BCUT2D eigenvalue weighted by atomic mass is 19.1. The molecule has 0 bridgehead atoms.